The first-order valence-electron chi connectivity index (χ1n) is 13.6. The first-order chi connectivity index (χ1) is 19.3. The molecule has 2 aromatic heterocycles. The third-order valence-electron chi connectivity index (χ3n) is 7.68. The number of nitrogens with zero attached hydrogens (tertiary/aromatic N) is 7. The number of hydrogen-bond acceptors (Lipinski definition) is 7. The van der Waals surface area contributed by atoms with E-state index in [2.05, 4.69) is 51.2 Å². The fourth-order valence-electron chi connectivity index (χ4n) is 5.31. The molecule has 5 aromatic rings. The Morgan fingerprint density at radius 1 is 0.925 bits per heavy atom. The topological polar surface area (TPSA) is 86.9 Å². The van der Waals surface area contributed by atoms with Crippen molar-refractivity contribution in [1.29, 1.82) is 0 Å². The predicted octanol–water partition coefficient (Wildman–Crippen LogP) is 4.60. The normalized spacial score (nSPS) is 15.2. The zero-order valence-corrected chi connectivity index (χ0v) is 23.8. The Balaban J connectivity index is 1.32. The molecule has 40 heavy (non-hydrogen) atoms. The number of benzene rings is 3. The van der Waals surface area contributed by atoms with Gasteiger partial charge in [0.2, 0.25) is 10.0 Å². The summed E-state index contributed by atoms with van der Waals surface area (Å²) < 4.78 is 29.8. The molecule has 0 spiro atoms. The minimum Gasteiger partial charge on any atom is -0.329 e. The summed E-state index contributed by atoms with van der Waals surface area (Å²) in [5, 5.41) is 9.34. The number of likely N-dealkylation sites (N-methyl/N-ethyl adjacent to an activating group) is 1. The van der Waals surface area contributed by atoms with Crippen LogP contribution in [-0.2, 0) is 16.4 Å². The van der Waals surface area contributed by atoms with Crippen molar-refractivity contribution in [3.8, 4) is 11.1 Å². The van der Waals surface area contributed by atoms with Gasteiger partial charge >= 0.3 is 0 Å². The van der Waals surface area contributed by atoms with Crippen LogP contribution >= 0.6 is 0 Å². The maximum Gasteiger partial charge on any atom is 0.257 e. The lowest BCUT2D eigenvalue weighted by Gasteiger charge is -2.31. The van der Waals surface area contributed by atoms with Gasteiger partial charge in [0.1, 0.15) is 12.1 Å². The second kappa shape index (κ2) is 10.6. The van der Waals surface area contributed by atoms with Crippen molar-refractivity contribution in [3.63, 3.8) is 0 Å². The second-order valence-corrected chi connectivity index (χ2v) is 12.3. The molecular weight excluding hydrogens is 522 g/mol. The Labute approximate surface area is 234 Å². The van der Waals surface area contributed by atoms with Gasteiger partial charge in [-0.1, -0.05) is 43.7 Å². The fraction of sp³-hybridized carbons (Fsp3) is 0.300. The number of sulfonamides is 1. The van der Waals surface area contributed by atoms with Gasteiger partial charge < -0.3 is 9.80 Å². The summed E-state index contributed by atoms with van der Waals surface area (Å²) in [6, 6.07) is 21.8. The minimum absolute atomic E-state index is 0.328. The second-order valence-electron chi connectivity index (χ2n) is 10.4. The molecule has 1 aliphatic rings. The number of anilines is 2. The first-order valence-corrected chi connectivity index (χ1v) is 15.0. The van der Waals surface area contributed by atoms with Crippen molar-refractivity contribution < 1.29 is 8.42 Å². The molecule has 3 aromatic carbocycles. The molecule has 1 fully saturated rings. The number of hydrogen-bond donors (Lipinski definition) is 0. The molecular formula is C30H33N7O2S. The van der Waals surface area contributed by atoms with Crippen molar-refractivity contribution in [2.24, 2.45) is 0 Å². The van der Waals surface area contributed by atoms with Gasteiger partial charge in [0.25, 0.3) is 5.78 Å². The summed E-state index contributed by atoms with van der Waals surface area (Å²) in [7, 11) is 0.507. The lowest BCUT2D eigenvalue weighted by Crippen LogP contribution is -2.46. The van der Waals surface area contributed by atoms with Gasteiger partial charge in [-0.2, -0.15) is 9.29 Å². The summed E-state index contributed by atoms with van der Waals surface area (Å²) in [5.74, 6) is 1.35. The van der Waals surface area contributed by atoms with Crippen LogP contribution in [0.4, 0.5) is 11.5 Å². The zero-order valence-electron chi connectivity index (χ0n) is 23.0. The van der Waals surface area contributed by atoms with Crippen molar-refractivity contribution in [3.05, 3.63) is 78.6 Å². The molecule has 0 atom stereocenters. The van der Waals surface area contributed by atoms with Crippen molar-refractivity contribution >= 4 is 38.2 Å². The van der Waals surface area contributed by atoms with Crippen LogP contribution in [0.3, 0.4) is 0 Å². The highest BCUT2D eigenvalue weighted by atomic mass is 32.2. The van der Waals surface area contributed by atoms with Gasteiger partial charge in [-0.15, -0.1) is 10.2 Å². The molecule has 0 radical (unpaired) electrons. The number of fused-ring (bicyclic) bond motifs is 3. The minimum atomic E-state index is -3.51. The number of piperazine rings is 1. The molecule has 0 N–H and O–H groups in total. The number of rotatable bonds is 7. The summed E-state index contributed by atoms with van der Waals surface area (Å²) in [6.45, 7) is 4.69. The molecule has 0 saturated carbocycles. The molecule has 0 aliphatic carbocycles. The molecule has 206 valence electrons. The smallest absolute Gasteiger partial charge is 0.257 e. The van der Waals surface area contributed by atoms with Crippen LogP contribution in [0, 0.1) is 0 Å². The van der Waals surface area contributed by atoms with Gasteiger partial charge in [0.05, 0.1) is 10.4 Å². The Hall–Kier alpha value is -3.86. The highest BCUT2D eigenvalue weighted by molar-refractivity contribution is 7.89. The predicted molar refractivity (Wildman–Crippen MR) is 158 cm³/mol. The van der Waals surface area contributed by atoms with Crippen LogP contribution in [0.5, 0.6) is 0 Å². The summed E-state index contributed by atoms with van der Waals surface area (Å²) >= 11 is 0. The Bertz CT molecular complexity index is 1780. The van der Waals surface area contributed by atoms with Crippen LogP contribution in [0.1, 0.15) is 18.9 Å². The third-order valence-corrected chi connectivity index (χ3v) is 9.59. The van der Waals surface area contributed by atoms with Crippen LogP contribution < -0.4 is 4.90 Å². The first kappa shape index (κ1) is 26.4. The maximum atomic E-state index is 13.2. The van der Waals surface area contributed by atoms with Crippen LogP contribution in [0.2, 0.25) is 0 Å². The monoisotopic (exact) mass is 555 g/mol. The van der Waals surface area contributed by atoms with E-state index in [0.29, 0.717) is 23.8 Å². The van der Waals surface area contributed by atoms with E-state index in [1.807, 2.05) is 48.8 Å². The Kier molecular flexibility index (Phi) is 6.99. The van der Waals surface area contributed by atoms with Crippen molar-refractivity contribution in [2.75, 3.05) is 45.2 Å². The van der Waals surface area contributed by atoms with Gasteiger partial charge in [0, 0.05) is 44.3 Å². The molecule has 3 heterocycles. The van der Waals surface area contributed by atoms with Gasteiger partial charge in [-0.25, -0.2) is 8.42 Å². The highest BCUT2D eigenvalue weighted by Gasteiger charge is 2.27. The fourth-order valence-corrected chi connectivity index (χ4v) is 6.73. The molecule has 1 saturated heterocycles. The average molecular weight is 556 g/mol. The largest absolute Gasteiger partial charge is 0.329 e. The summed E-state index contributed by atoms with van der Waals surface area (Å²) in [6.07, 6.45) is 3.78. The van der Waals surface area contributed by atoms with E-state index in [-0.39, 0.29) is 0 Å². The van der Waals surface area contributed by atoms with E-state index in [9.17, 15) is 8.42 Å². The molecule has 0 unspecified atom stereocenters. The highest BCUT2D eigenvalue weighted by Crippen LogP contribution is 2.33. The van der Waals surface area contributed by atoms with Crippen LogP contribution in [0.25, 0.3) is 27.8 Å². The van der Waals surface area contributed by atoms with Crippen molar-refractivity contribution in [2.45, 2.75) is 24.7 Å². The van der Waals surface area contributed by atoms with E-state index in [4.69, 9.17) is 4.98 Å². The molecule has 0 amide bonds. The third kappa shape index (κ3) is 4.83. The van der Waals surface area contributed by atoms with Gasteiger partial charge in [-0.3, -0.25) is 4.40 Å². The molecule has 9 nitrogen and oxygen atoms in total. The Morgan fingerprint density at radius 3 is 2.45 bits per heavy atom. The maximum absolute atomic E-state index is 13.2. The lowest BCUT2D eigenvalue weighted by atomic mass is 10.0. The lowest BCUT2D eigenvalue weighted by molar-refractivity contribution is 0.222. The van der Waals surface area contributed by atoms with Crippen LogP contribution in [-0.4, -0.2) is 77.5 Å². The van der Waals surface area contributed by atoms with E-state index >= 15 is 0 Å². The summed E-state index contributed by atoms with van der Waals surface area (Å²) in [5.41, 5.74) is 5.19. The van der Waals surface area contributed by atoms with Gasteiger partial charge in [-0.05, 0) is 66.6 Å². The number of aryl methyl sites for hydroxylation is 1. The molecule has 6 rings (SSSR count). The Morgan fingerprint density at radius 2 is 1.70 bits per heavy atom. The average Bonchev–Trinajstić information content (AvgIpc) is 3.46. The number of aromatic nitrogens is 4. The SMILES string of the molecule is CCCc1ccc2c(N(C)c3cccc(-c4ccc(S(=O)(=O)N5CCN(C)CC5)cc4)c3)nc3nncn3c2c1. The van der Waals surface area contributed by atoms with Crippen molar-refractivity contribution in [1.82, 2.24) is 28.8 Å². The summed E-state index contributed by atoms with van der Waals surface area (Å²) in [4.78, 5) is 9.38. The van der Waals surface area contributed by atoms with E-state index in [1.165, 1.54) is 5.56 Å². The van der Waals surface area contributed by atoms with E-state index in [1.54, 1.807) is 22.8 Å². The quantitative estimate of drug-likeness (QED) is 0.290. The standard InChI is InChI=1S/C30H33N7O2S/c1-4-6-22-9-14-27-28(19-22)37-21-31-33-30(37)32-29(27)35(3)25-8-5-7-24(20-25)23-10-12-26(13-11-23)40(38,39)36-17-15-34(2)16-18-36/h5,7-14,19-21H,4,6,15-18H2,1-3H3. The molecule has 10 heteroatoms. The van der Waals surface area contributed by atoms with E-state index < -0.39 is 10.0 Å². The van der Waals surface area contributed by atoms with E-state index in [0.717, 1.165) is 59.5 Å². The van der Waals surface area contributed by atoms with Gasteiger partial charge in [0.15, 0.2) is 0 Å². The molecule has 1 aliphatic heterocycles. The zero-order chi connectivity index (χ0) is 27.9. The molecule has 0 bridgehead atoms. The van der Waals surface area contributed by atoms with Crippen LogP contribution in [0.15, 0.2) is 78.0 Å².